The second kappa shape index (κ2) is 7.32. The Balaban J connectivity index is 1.96. The fourth-order valence-corrected chi connectivity index (χ4v) is 2.61. The lowest BCUT2D eigenvalue weighted by Gasteiger charge is -2.22. The summed E-state index contributed by atoms with van der Waals surface area (Å²) in [5.74, 6) is -1.87. The van der Waals surface area contributed by atoms with E-state index in [0.29, 0.717) is 16.6 Å². The Bertz CT molecular complexity index is 1020. The van der Waals surface area contributed by atoms with Crippen LogP contribution in [0.25, 0.3) is 5.65 Å². The number of hydrogen-bond acceptors (Lipinski definition) is 4. The smallest absolute Gasteiger partial charge is 0.361 e. The quantitative estimate of drug-likeness (QED) is 0.559. The third-order valence-corrected chi connectivity index (χ3v) is 3.91. The highest BCUT2D eigenvalue weighted by molar-refractivity contribution is 5.46. The molecular formula is C16H10F9N5. The minimum atomic E-state index is -4.91. The van der Waals surface area contributed by atoms with Crippen molar-refractivity contribution in [3.8, 4) is 0 Å². The van der Waals surface area contributed by atoms with E-state index in [1.165, 1.54) is 0 Å². The van der Waals surface area contributed by atoms with Gasteiger partial charge in [-0.3, -0.25) is 0 Å². The molecule has 0 aliphatic rings. The largest absolute Gasteiger partial charge is 0.453 e. The van der Waals surface area contributed by atoms with Crippen LogP contribution in [0.2, 0.25) is 0 Å². The molecule has 0 saturated heterocycles. The van der Waals surface area contributed by atoms with E-state index in [9.17, 15) is 39.5 Å². The van der Waals surface area contributed by atoms with Crippen LogP contribution in [0.5, 0.6) is 0 Å². The lowest BCUT2D eigenvalue weighted by molar-refractivity contribution is -0.146. The maximum absolute atomic E-state index is 13.0. The molecule has 0 amide bonds. The first-order valence-electron chi connectivity index (χ1n) is 8.04. The summed E-state index contributed by atoms with van der Waals surface area (Å²) in [6.07, 6.45) is -15.8. The van der Waals surface area contributed by atoms with E-state index in [2.05, 4.69) is 20.6 Å². The van der Waals surface area contributed by atoms with Crippen LogP contribution in [0.3, 0.4) is 0 Å². The molecule has 2 heterocycles. The van der Waals surface area contributed by atoms with Crippen LogP contribution in [0, 0.1) is 0 Å². The summed E-state index contributed by atoms with van der Waals surface area (Å²) in [5, 5.41) is 12.1. The summed E-state index contributed by atoms with van der Waals surface area (Å²) in [4.78, 5) is 0. The number of halogens is 9. The number of aromatic nitrogens is 4. The fraction of sp³-hybridized carbons (Fsp3) is 0.312. The third kappa shape index (κ3) is 4.91. The van der Waals surface area contributed by atoms with E-state index in [1.54, 1.807) is 0 Å². The number of benzene rings is 1. The molecular weight excluding hydrogens is 433 g/mol. The van der Waals surface area contributed by atoms with Gasteiger partial charge in [0.15, 0.2) is 5.65 Å². The van der Waals surface area contributed by atoms with Gasteiger partial charge in [0, 0.05) is 0 Å². The maximum Gasteiger partial charge on any atom is 0.453 e. The number of nitrogens with one attached hydrogen (secondary N) is 1. The highest BCUT2D eigenvalue weighted by Crippen LogP contribution is 2.35. The second-order valence-electron chi connectivity index (χ2n) is 6.15. The van der Waals surface area contributed by atoms with Gasteiger partial charge in [0.05, 0.1) is 18.0 Å². The van der Waals surface area contributed by atoms with Crippen molar-refractivity contribution in [3.05, 3.63) is 53.3 Å². The molecule has 0 saturated carbocycles. The van der Waals surface area contributed by atoms with Crippen molar-refractivity contribution in [1.29, 1.82) is 0 Å². The first-order chi connectivity index (χ1) is 13.7. The molecule has 30 heavy (non-hydrogen) atoms. The molecule has 0 bridgehead atoms. The molecule has 3 aromatic rings. The maximum atomic E-state index is 13.0. The van der Waals surface area contributed by atoms with Crippen LogP contribution in [0.1, 0.15) is 29.4 Å². The van der Waals surface area contributed by atoms with Gasteiger partial charge in [-0.25, -0.2) is 0 Å². The van der Waals surface area contributed by atoms with Gasteiger partial charge in [-0.1, -0.05) is 12.1 Å². The van der Waals surface area contributed by atoms with Crippen molar-refractivity contribution in [2.24, 2.45) is 0 Å². The standard InChI is InChI=1S/C16H10F9N5/c17-14(18,19)7-10(8-1-3-9(4-2-8)15(20,21)22)26-11-5-6-12-27-28-13(16(23,24)25)30(12)29-11/h1-6,10H,7H2,(H,26,29). The van der Waals surface area contributed by atoms with Crippen molar-refractivity contribution in [2.45, 2.75) is 31.0 Å². The predicted octanol–water partition coefficient (Wildman–Crippen LogP) is 5.27. The predicted molar refractivity (Wildman–Crippen MR) is 84.3 cm³/mol. The van der Waals surface area contributed by atoms with Crippen LogP contribution in [-0.4, -0.2) is 26.0 Å². The molecule has 0 radical (unpaired) electrons. The molecule has 1 aromatic carbocycles. The van der Waals surface area contributed by atoms with E-state index in [-0.39, 0.29) is 17.0 Å². The Labute approximate surface area is 161 Å². The SMILES string of the molecule is FC(F)(F)CC(Nc1ccc2nnc(C(F)(F)F)n2n1)c1ccc(C(F)(F)F)cc1. The molecule has 14 heteroatoms. The van der Waals surface area contributed by atoms with Crippen LogP contribution in [0.4, 0.5) is 45.3 Å². The number of nitrogens with zero attached hydrogens (tertiary/aromatic N) is 4. The van der Waals surface area contributed by atoms with Gasteiger partial charge in [-0.05, 0) is 29.8 Å². The van der Waals surface area contributed by atoms with Crippen LogP contribution >= 0.6 is 0 Å². The Morgan fingerprint density at radius 3 is 1.97 bits per heavy atom. The average molecular weight is 443 g/mol. The zero-order chi connectivity index (χ0) is 22.3. The summed E-state index contributed by atoms with van der Waals surface area (Å²) in [6.45, 7) is 0. The van der Waals surface area contributed by atoms with E-state index >= 15 is 0 Å². The normalized spacial score (nSPS) is 14.2. The number of alkyl halides is 9. The highest BCUT2D eigenvalue weighted by atomic mass is 19.4. The van der Waals surface area contributed by atoms with E-state index in [1.807, 2.05) is 0 Å². The zero-order valence-corrected chi connectivity index (χ0v) is 14.4. The molecule has 0 aliphatic carbocycles. The Morgan fingerprint density at radius 1 is 0.800 bits per heavy atom. The van der Waals surface area contributed by atoms with Crippen molar-refractivity contribution < 1.29 is 39.5 Å². The first-order valence-corrected chi connectivity index (χ1v) is 8.04. The molecule has 0 aliphatic heterocycles. The van der Waals surface area contributed by atoms with Crippen LogP contribution in [0.15, 0.2) is 36.4 Å². The molecule has 5 nitrogen and oxygen atoms in total. The Hall–Kier alpha value is -3.06. The van der Waals surface area contributed by atoms with E-state index in [0.717, 1.165) is 24.3 Å². The number of rotatable bonds is 4. The topological polar surface area (TPSA) is 55.1 Å². The number of hydrogen-bond donors (Lipinski definition) is 1. The van der Waals surface area contributed by atoms with Gasteiger partial charge in [-0.2, -0.15) is 44.0 Å². The summed E-state index contributed by atoms with van der Waals surface area (Å²) in [5.41, 5.74) is -1.52. The zero-order valence-electron chi connectivity index (χ0n) is 14.4. The van der Waals surface area contributed by atoms with E-state index in [4.69, 9.17) is 0 Å². The van der Waals surface area contributed by atoms with Gasteiger partial charge >= 0.3 is 18.5 Å². The summed E-state index contributed by atoms with van der Waals surface area (Å²) in [6, 6.07) is 3.45. The molecule has 3 rings (SSSR count). The van der Waals surface area contributed by atoms with Crippen molar-refractivity contribution in [3.63, 3.8) is 0 Å². The molecule has 0 fully saturated rings. The summed E-state index contributed by atoms with van der Waals surface area (Å²) in [7, 11) is 0. The molecule has 2 aromatic heterocycles. The minimum Gasteiger partial charge on any atom is -0.361 e. The van der Waals surface area contributed by atoms with Crippen molar-refractivity contribution >= 4 is 11.5 Å². The molecule has 0 spiro atoms. The Morgan fingerprint density at radius 2 is 1.43 bits per heavy atom. The van der Waals surface area contributed by atoms with E-state index < -0.39 is 42.4 Å². The van der Waals surface area contributed by atoms with Crippen LogP contribution < -0.4 is 5.32 Å². The first kappa shape index (κ1) is 21.6. The van der Waals surface area contributed by atoms with Crippen molar-refractivity contribution in [2.75, 3.05) is 5.32 Å². The van der Waals surface area contributed by atoms with Gasteiger partial charge in [-0.15, -0.1) is 15.3 Å². The monoisotopic (exact) mass is 443 g/mol. The number of anilines is 1. The highest BCUT2D eigenvalue weighted by Gasteiger charge is 2.38. The van der Waals surface area contributed by atoms with Gasteiger partial charge < -0.3 is 5.32 Å². The van der Waals surface area contributed by atoms with Gasteiger partial charge in [0.2, 0.25) is 0 Å². The van der Waals surface area contributed by atoms with Gasteiger partial charge in [0.25, 0.3) is 5.82 Å². The number of fused-ring (bicyclic) bond motifs is 1. The van der Waals surface area contributed by atoms with Gasteiger partial charge in [0.1, 0.15) is 5.82 Å². The molecule has 1 N–H and O–H groups in total. The molecule has 162 valence electrons. The lowest BCUT2D eigenvalue weighted by atomic mass is 10.0. The average Bonchev–Trinajstić information content (AvgIpc) is 3.03. The lowest BCUT2D eigenvalue weighted by Crippen LogP contribution is -2.21. The Kier molecular flexibility index (Phi) is 5.28. The molecule has 1 atom stereocenters. The summed E-state index contributed by atoms with van der Waals surface area (Å²) >= 11 is 0. The fourth-order valence-electron chi connectivity index (χ4n) is 2.61. The van der Waals surface area contributed by atoms with Crippen molar-refractivity contribution in [1.82, 2.24) is 19.8 Å². The third-order valence-electron chi connectivity index (χ3n) is 3.91. The molecule has 1 unspecified atom stereocenters. The minimum absolute atomic E-state index is 0.165. The summed E-state index contributed by atoms with van der Waals surface area (Å²) < 4.78 is 116. The second-order valence-corrected chi connectivity index (χ2v) is 6.15. The van der Waals surface area contributed by atoms with Crippen LogP contribution in [-0.2, 0) is 12.4 Å².